The first-order valence-corrected chi connectivity index (χ1v) is 10.9. The summed E-state index contributed by atoms with van der Waals surface area (Å²) in [5, 5.41) is 4.19. The van der Waals surface area contributed by atoms with Gasteiger partial charge >= 0.3 is 0 Å². The van der Waals surface area contributed by atoms with Gasteiger partial charge in [-0.15, -0.1) is 0 Å². The van der Waals surface area contributed by atoms with Gasteiger partial charge in [-0.2, -0.15) is 5.10 Å². The number of aromatic nitrogens is 2. The van der Waals surface area contributed by atoms with Gasteiger partial charge in [0.15, 0.2) is 0 Å². The molecule has 0 aliphatic carbocycles. The van der Waals surface area contributed by atoms with Crippen molar-refractivity contribution < 1.29 is 18.0 Å². The number of nitrogens with zero attached hydrogens (tertiary/aromatic N) is 3. The van der Waals surface area contributed by atoms with Crippen LogP contribution < -0.4 is 15.2 Å². The molecule has 2 amide bonds. The lowest BCUT2D eigenvalue weighted by Gasteiger charge is -2.19. The van der Waals surface area contributed by atoms with E-state index in [1.165, 1.54) is 36.0 Å². The Morgan fingerprint density at radius 1 is 1.00 bits per heavy atom. The van der Waals surface area contributed by atoms with E-state index in [-0.39, 0.29) is 17.0 Å². The quantitative estimate of drug-likeness (QED) is 0.566. The fourth-order valence-electron chi connectivity index (χ4n) is 2.94. The van der Waals surface area contributed by atoms with Crippen molar-refractivity contribution in [2.45, 2.75) is 25.3 Å². The normalized spacial score (nSPS) is 11.1. The molecule has 1 heterocycles. The van der Waals surface area contributed by atoms with E-state index in [1.807, 2.05) is 19.9 Å². The van der Waals surface area contributed by atoms with Gasteiger partial charge in [0.05, 0.1) is 16.3 Å². The molecule has 9 nitrogen and oxygen atoms in total. The van der Waals surface area contributed by atoms with Gasteiger partial charge in [-0.3, -0.25) is 29.4 Å². The van der Waals surface area contributed by atoms with Crippen molar-refractivity contribution in [1.29, 1.82) is 0 Å². The maximum absolute atomic E-state index is 12.9. The lowest BCUT2D eigenvalue weighted by molar-refractivity contribution is -0.122. The number of carbonyl (C=O) groups is 2. The van der Waals surface area contributed by atoms with Crippen LogP contribution in [0.2, 0.25) is 0 Å². The third-order valence-electron chi connectivity index (χ3n) is 4.59. The molecule has 1 aromatic heterocycles. The fraction of sp³-hybridized carbons (Fsp3) is 0.190. The highest BCUT2D eigenvalue weighted by Gasteiger charge is 2.22. The average Bonchev–Trinajstić information content (AvgIpc) is 3.08. The molecule has 0 atom stereocenters. The summed E-state index contributed by atoms with van der Waals surface area (Å²) in [4.78, 5) is 24.5. The number of sulfonamides is 1. The minimum absolute atomic E-state index is 0.0412. The molecule has 162 valence electrons. The number of nitrogens with one attached hydrogen (secondary N) is 2. The van der Waals surface area contributed by atoms with Crippen LogP contribution in [0, 0.1) is 13.8 Å². The highest BCUT2D eigenvalue weighted by molar-refractivity contribution is 7.92. The molecule has 2 N–H and O–H groups in total. The van der Waals surface area contributed by atoms with Crippen LogP contribution in [-0.4, -0.2) is 37.1 Å². The van der Waals surface area contributed by atoms with E-state index in [9.17, 15) is 18.0 Å². The largest absolute Gasteiger partial charge is 0.271 e. The SMILES string of the molecule is Cc1cc(C)n(CC(=O)NNC(=O)c2cccc(S(=O)(=O)N(C)c3ccccc3)c2)n1. The van der Waals surface area contributed by atoms with Gasteiger partial charge in [-0.25, -0.2) is 8.42 Å². The molecule has 2 aromatic carbocycles. The van der Waals surface area contributed by atoms with Crippen LogP contribution in [0.5, 0.6) is 0 Å². The van der Waals surface area contributed by atoms with E-state index in [0.29, 0.717) is 5.69 Å². The number of carbonyl (C=O) groups excluding carboxylic acids is 2. The molecule has 0 aliphatic heterocycles. The lowest BCUT2D eigenvalue weighted by Crippen LogP contribution is -2.43. The minimum Gasteiger partial charge on any atom is -0.271 e. The number of benzene rings is 2. The zero-order valence-electron chi connectivity index (χ0n) is 17.4. The smallest absolute Gasteiger partial charge is 0.269 e. The Morgan fingerprint density at radius 2 is 1.71 bits per heavy atom. The summed E-state index contributed by atoms with van der Waals surface area (Å²) in [5.74, 6) is -1.10. The monoisotopic (exact) mass is 441 g/mol. The minimum atomic E-state index is -3.87. The number of amides is 2. The van der Waals surface area contributed by atoms with Gasteiger partial charge in [0.25, 0.3) is 21.8 Å². The number of hydrogen-bond acceptors (Lipinski definition) is 5. The van der Waals surface area contributed by atoms with E-state index in [4.69, 9.17) is 0 Å². The van der Waals surface area contributed by atoms with Crippen molar-refractivity contribution in [3.63, 3.8) is 0 Å². The average molecular weight is 442 g/mol. The second-order valence-corrected chi connectivity index (χ2v) is 8.89. The standard InChI is InChI=1S/C21H23N5O4S/c1-15-12-16(2)26(24-15)14-20(27)22-23-21(28)17-8-7-11-19(13-17)31(29,30)25(3)18-9-5-4-6-10-18/h4-13H,14H2,1-3H3,(H,22,27)(H,23,28). The summed E-state index contributed by atoms with van der Waals surface area (Å²) in [6.07, 6.45) is 0. The van der Waals surface area contributed by atoms with Crippen molar-refractivity contribution in [3.05, 3.63) is 77.6 Å². The Kier molecular flexibility index (Phi) is 6.40. The third kappa shape index (κ3) is 5.10. The Bertz CT molecular complexity index is 1210. The van der Waals surface area contributed by atoms with Gasteiger partial charge in [0.2, 0.25) is 0 Å². The van der Waals surface area contributed by atoms with Gasteiger partial charge in [-0.1, -0.05) is 24.3 Å². The van der Waals surface area contributed by atoms with Crippen molar-refractivity contribution in [1.82, 2.24) is 20.6 Å². The van der Waals surface area contributed by atoms with Gasteiger partial charge in [-0.05, 0) is 50.2 Å². The molecular formula is C21H23N5O4S. The van der Waals surface area contributed by atoms with Crippen molar-refractivity contribution in [2.24, 2.45) is 0 Å². The molecule has 0 saturated carbocycles. The van der Waals surface area contributed by atoms with Crippen LogP contribution >= 0.6 is 0 Å². The molecule has 3 aromatic rings. The molecule has 0 spiro atoms. The Morgan fingerprint density at radius 3 is 2.35 bits per heavy atom. The highest BCUT2D eigenvalue weighted by atomic mass is 32.2. The second-order valence-electron chi connectivity index (χ2n) is 6.92. The summed E-state index contributed by atoms with van der Waals surface area (Å²) in [7, 11) is -2.43. The molecule has 0 bridgehead atoms. The fourth-order valence-corrected chi connectivity index (χ4v) is 4.18. The molecule has 0 saturated heterocycles. The number of aryl methyl sites for hydroxylation is 2. The molecular weight excluding hydrogens is 418 g/mol. The maximum atomic E-state index is 12.9. The van der Waals surface area contributed by atoms with E-state index in [0.717, 1.165) is 15.7 Å². The van der Waals surface area contributed by atoms with Crippen LogP contribution in [0.1, 0.15) is 21.7 Å². The van der Waals surface area contributed by atoms with Gasteiger partial charge < -0.3 is 0 Å². The zero-order chi connectivity index (χ0) is 22.6. The van der Waals surface area contributed by atoms with E-state index in [1.54, 1.807) is 30.3 Å². The summed E-state index contributed by atoms with van der Waals surface area (Å²) in [6, 6.07) is 16.0. The first-order valence-electron chi connectivity index (χ1n) is 9.43. The van der Waals surface area contributed by atoms with E-state index < -0.39 is 21.8 Å². The molecule has 0 radical (unpaired) electrons. The number of hydrogen-bond donors (Lipinski definition) is 2. The molecule has 0 aliphatic rings. The van der Waals surface area contributed by atoms with Crippen LogP contribution in [0.4, 0.5) is 5.69 Å². The molecule has 0 fully saturated rings. The Labute approximate surface area is 180 Å². The Balaban J connectivity index is 1.68. The lowest BCUT2D eigenvalue weighted by atomic mass is 10.2. The van der Waals surface area contributed by atoms with Crippen LogP contribution in [-0.2, 0) is 21.4 Å². The van der Waals surface area contributed by atoms with E-state index in [2.05, 4.69) is 16.0 Å². The molecule has 0 unspecified atom stereocenters. The topological polar surface area (TPSA) is 113 Å². The number of para-hydroxylation sites is 1. The van der Waals surface area contributed by atoms with Crippen molar-refractivity contribution >= 4 is 27.5 Å². The predicted molar refractivity (Wildman–Crippen MR) is 116 cm³/mol. The van der Waals surface area contributed by atoms with Crippen LogP contribution in [0.3, 0.4) is 0 Å². The Hall–Kier alpha value is -3.66. The first kappa shape index (κ1) is 22.0. The molecule has 10 heteroatoms. The van der Waals surface area contributed by atoms with Crippen molar-refractivity contribution in [2.75, 3.05) is 11.4 Å². The number of rotatable bonds is 6. The zero-order valence-corrected chi connectivity index (χ0v) is 18.2. The summed E-state index contributed by atoms with van der Waals surface area (Å²) < 4.78 is 28.5. The molecule has 3 rings (SSSR count). The summed E-state index contributed by atoms with van der Waals surface area (Å²) in [6.45, 7) is 3.58. The molecule has 31 heavy (non-hydrogen) atoms. The number of anilines is 1. The highest BCUT2D eigenvalue weighted by Crippen LogP contribution is 2.22. The van der Waals surface area contributed by atoms with Gasteiger partial charge in [0, 0.05) is 18.3 Å². The van der Waals surface area contributed by atoms with Crippen LogP contribution in [0.15, 0.2) is 65.6 Å². The van der Waals surface area contributed by atoms with Gasteiger partial charge in [0.1, 0.15) is 6.54 Å². The summed E-state index contributed by atoms with van der Waals surface area (Å²) in [5.41, 5.74) is 6.80. The maximum Gasteiger partial charge on any atom is 0.269 e. The summed E-state index contributed by atoms with van der Waals surface area (Å²) >= 11 is 0. The van der Waals surface area contributed by atoms with Crippen LogP contribution in [0.25, 0.3) is 0 Å². The number of hydrazine groups is 1. The van der Waals surface area contributed by atoms with Crippen molar-refractivity contribution in [3.8, 4) is 0 Å². The first-order chi connectivity index (χ1) is 14.7. The predicted octanol–water partition coefficient (Wildman–Crippen LogP) is 1.79. The second kappa shape index (κ2) is 9.00. The third-order valence-corrected chi connectivity index (χ3v) is 6.37. The van der Waals surface area contributed by atoms with E-state index >= 15 is 0 Å².